The van der Waals surface area contributed by atoms with E-state index in [0.29, 0.717) is 12.4 Å². The fourth-order valence-electron chi connectivity index (χ4n) is 4.39. The normalized spacial score (nSPS) is 11.6. The van der Waals surface area contributed by atoms with Crippen LogP contribution in [0.25, 0.3) is 55.6 Å². The second-order valence-electron chi connectivity index (χ2n) is 9.09. The summed E-state index contributed by atoms with van der Waals surface area (Å²) in [7, 11) is 3.95. The molecule has 0 aliphatic heterocycles. The number of ether oxygens (including phenoxy) is 1. The third-order valence-corrected chi connectivity index (χ3v) is 6.21. The van der Waals surface area contributed by atoms with E-state index < -0.39 is 0 Å². The lowest BCUT2D eigenvalue weighted by atomic mass is 10.0. The number of hydrogen-bond donors (Lipinski definition) is 2. The SMILES string of the molecule is CN(C)CCOc1cc(F)cc(-c2cccc3[nH]c(-c4n[nH]c5cnc(-c6cncnc6)cc45)cc23)c1. The van der Waals surface area contributed by atoms with Crippen LogP contribution in [0.2, 0.25) is 0 Å². The number of pyridine rings is 1. The van der Waals surface area contributed by atoms with Crippen LogP contribution in [0, 0.1) is 5.82 Å². The minimum Gasteiger partial charge on any atom is -0.492 e. The molecule has 6 aromatic rings. The zero-order chi connectivity index (χ0) is 25.4. The lowest BCUT2D eigenvalue weighted by Gasteiger charge is -2.12. The first-order valence-electron chi connectivity index (χ1n) is 11.9. The molecule has 2 N–H and O–H groups in total. The largest absolute Gasteiger partial charge is 0.492 e. The molecule has 184 valence electrons. The Labute approximate surface area is 212 Å². The first-order chi connectivity index (χ1) is 18.0. The topological polar surface area (TPSA) is 95.6 Å². The molecule has 0 saturated heterocycles. The van der Waals surface area contributed by atoms with Crippen LogP contribution in [0.15, 0.2) is 73.4 Å². The lowest BCUT2D eigenvalue weighted by Crippen LogP contribution is -2.19. The van der Waals surface area contributed by atoms with Crippen LogP contribution >= 0.6 is 0 Å². The van der Waals surface area contributed by atoms with E-state index in [4.69, 9.17) is 4.74 Å². The van der Waals surface area contributed by atoms with E-state index in [0.717, 1.165) is 62.1 Å². The average Bonchev–Trinajstić information content (AvgIpc) is 3.52. The van der Waals surface area contributed by atoms with Gasteiger partial charge < -0.3 is 14.6 Å². The summed E-state index contributed by atoms with van der Waals surface area (Å²) in [6, 6.07) is 14.8. The molecule has 0 aliphatic rings. The maximum atomic E-state index is 14.6. The number of nitrogens with zero attached hydrogens (tertiary/aromatic N) is 5. The summed E-state index contributed by atoms with van der Waals surface area (Å²) >= 11 is 0. The van der Waals surface area contributed by atoms with Crippen molar-refractivity contribution in [2.45, 2.75) is 0 Å². The van der Waals surface area contributed by atoms with E-state index in [1.54, 1.807) is 18.6 Å². The Kier molecular flexibility index (Phi) is 5.82. The average molecular weight is 494 g/mol. The highest BCUT2D eigenvalue weighted by Crippen LogP contribution is 2.36. The highest BCUT2D eigenvalue weighted by molar-refractivity contribution is 6.01. The molecule has 0 radical (unpaired) electrons. The number of likely N-dealkylation sites (N-methyl/N-ethyl adjacent to an activating group) is 1. The van der Waals surface area contributed by atoms with Crippen LogP contribution in [0.4, 0.5) is 4.39 Å². The van der Waals surface area contributed by atoms with E-state index in [9.17, 15) is 4.39 Å². The van der Waals surface area contributed by atoms with Gasteiger partial charge in [0.2, 0.25) is 0 Å². The van der Waals surface area contributed by atoms with Crippen molar-refractivity contribution in [1.29, 1.82) is 0 Å². The fraction of sp³-hybridized carbons (Fsp3) is 0.143. The summed E-state index contributed by atoms with van der Waals surface area (Å²) in [4.78, 5) is 18.2. The first kappa shape index (κ1) is 22.8. The molecule has 0 aliphatic carbocycles. The highest BCUT2D eigenvalue weighted by Gasteiger charge is 2.16. The minimum atomic E-state index is -0.340. The number of hydrogen-bond acceptors (Lipinski definition) is 6. The third-order valence-electron chi connectivity index (χ3n) is 6.21. The highest BCUT2D eigenvalue weighted by atomic mass is 19.1. The molecular formula is C28H24FN7O. The molecule has 8 nitrogen and oxygen atoms in total. The van der Waals surface area contributed by atoms with Crippen molar-refractivity contribution in [3.05, 3.63) is 79.3 Å². The molecule has 0 atom stereocenters. The third kappa shape index (κ3) is 4.52. The molecule has 6 rings (SSSR count). The van der Waals surface area contributed by atoms with Crippen molar-refractivity contribution in [2.75, 3.05) is 27.2 Å². The summed E-state index contributed by atoms with van der Waals surface area (Å²) in [6.45, 7) is 1.22. The summed E-state index contributed by atoms with van der Waals surface area (Å²) in [6.07, 6.45) is 6.71. The number of fused-ring (bicyclic) bond motifs is 2. The molecule has 0 bridgehead atoms. The van der Waals surface area contributed by atoms with Gasteiger partial charge in [-0.1, -0.05) is 12.1 Å². The zero-order valence-electron chi connectivity index (χ0n) is 20.4. The molecule has 4 heterocycles. The molecule has 37 heavy (non-hydrogen) atoms. The predicted molar refractivity (Wildman–Crippen MR) is 142 cm³/mol. The van der Waals surface area contributed by atoms with Gasteiger partial charge in [0.1, 0.15) is 30.2 Å². The summed E-state index contributed by atoms with van der Waals surface area (Å²) in [5.41, 5.74) is 6.59. The van der Waals surface area contributed by atoms with Gasteiger partial charge in [0.05, 0.1) is 23.1 Å². The van der Waals surface area contributed by atoms with Gasteiger partial charge in [-0.25, -0.2) is 14.4 Å². The van der Waals surface area contributed by atoms with E-state index in [1.165, 1.54) is 18.5 Å². The van der Waals surface area contributed by atoms with E-state index in [1.807, 2.05) is 55.4 Å². The Morgan fingerprint density at radius 3 is 2.62 bits per heavy atom. The van der Waals surface area contributed by atoms with Gasteiger partial charge >= 0.3 is 0 Å². The van der Waals surface area contributed by atoms with Crippen LogP contribution in [0.3, 0.4) is 0 Å². The quantitative estimate of drug-likeness (QED) is 0.313. The van der Waals surface area contributed by atoms with Crippen molar-refractivity contribution in [3.8, 4) is 39.5 Å². The van der Waals surface area contributed by atoms with E-state index >= 15 is 0 Å². The molecule has 0 saturated carbocycles. The second kappa shape index (κ2) is 9.44. The molecule has 0 spiro atoms. The van der Waals surface area contributed by atoms with Gasteiger partial charge in [0.15, 0.2) is 0 Å². The fourth-order valence-corrected chi connectivity index (χ4v) is 4.39. The Hall–Kier alpha value is -4.63. The monoisotopic (exact) mass is 493 g/mol. The first-order valence-corrected chi connectivity index (χ1v) is 11.9. The Morgan fingerprint density at radius 2 is 1.78 bits per heavy atom. The van der Waals surface area contributed by atoms with Crippen LogP contribution in [0.1, 0.15) is 0 Å². The standard InChI is InChI=1S/C28H24FN7O/c1-36(2)6-7-37-20-9-17(8-19(29)10-20)21-4-3-5-24-22(21)11-26(33-24)28-23-12-25(18-13-30-16-31-14-18)32-15-27(23)34-35-28/h3-5,8-16,33H,6-7H2,1-2H3,(H,34,35). The van der Waals surface area contributed by atoms with Crippen LogP contribution in [0.5, 0.6) is 5.75 Å². The zero-order valence-corrected chi connectivity index (χ0v) is 20.4. The molecule has 9 heteroatoms. The summed E-state index contributed by atoms with van der Waals surface area (Å²) in [5.74, 6) is 0.168. The second-order valence-corrected chi connectivity index (χ2v) is 9.09. The number of halogens is 1. The number of aromatic nitrogens is 6. The Morgan fingerprint density at radius 1 is 0.919 bits per heavy atom. The lowest BCUT2D eigenvalue weighted by molar-refractivity contribution is 0.260. The van der Waals surface area contributed by atoms with Gasteiger partial charge in [0, 0.05) is 46.9 Å². The number of rotatable bonds is 7. The van der Waals surface area contributed by atoms with E-state index in [-0.39, 0.29) is 5.82 Å². The smallest absolute Gasteiger partial charge is 0.127 e. The van der Waals surface area contributed by atoms with Crippen molar-refractivity contribution in [2.24, 2.45) is 0 Å². The van der Waals surface area contributed by atoms with Crippen LogP contribution in [-0.4, -0.2) is 62.3 Å². The van der Waals surface area contributed by atoms with Gasteiger partial charge in [0.25, 0.3) is 0 Å². The predicted octanol–water partition coefficient (Wildman–Crippen LogP) is 5.31. The van der Waals surface area contributed by atoms with Crippen molar-refractivity contribution < 1.29 is 9.13 Å². The molecule has 0 fully saturated rings. The van der Waals surface area contributed by atoms with Crippen molar-refractivity contribution in [3.63, 3.8) is 0 Å². The van der Waals surface area contributed by atoms with Gasteiger partial charge in [-0.2, -0.15) is 5.10 Å². The molecule has 2 aromatic carbocycles. The molecule has 4 aromatic heterocycles. The summed E-state index contributed by atoms with van der Waals surface area (Å²) in [5, 5.41) is 9.51. The van der Waals surface area contributed by atoms with E-state index in [2.05, 4.69) is 30.1 Å². The van der Waals surface area contributed by atoms with Gasteiger partial charge in [-0.3, -0.25) is 10.1 Å². The van der Waals surface area contributed by atoms with Crippen LogP contribution < -0.4 is 4.74 Å². The number of H-pyrrole nitrogens is 2. The molecule has 0 amide bonds. The van der Waals surface area contributed by atoms with Gasteiger partial charge in [-0.15, -0.1) is 0 Å². The number of nitrogens with one attached hydrogen (secondary N) is 2. The van der Waals surface area contributed by atoms with Crippen molar-refractivity contribution in [1.82, 2.24) is 35.0 Å². The number of aromatic amines is 2. The summed E-state index contributed by atoms with van der Waals surface area (Å²) < 4.78 is 20.4. The molecular weight excluding hydrogens is 469 g/mol. The maximum absolute atomic E-state index is 14.6. The van der Waals surface area contributed by atoms with Crippen LogP contribution in [-0.2, 0) is 0 Å². The van der Waals surface area contributed by atoms with Crippen molar-refractivity contribution >= 4 is 21.8 Å². The Balaban J connectivity index is 1.41. The minimum absolute atomic E-state index is 0.340. The molecule has 0 unspecified atom stereocenters. The maximum Gasteiger partial charge on any atom is 0.127 e. The Bertz CT molecular complexity index is 1710. The number of benzene rings is 2. The van der Waals surface area contributed by atoms with Gasteiger partial charge in [-0.05, 0) is 55.6 Å².